The van der Waals surface area contributed by atoms with E-state index in [1.807, 2.05) is 6.92 Å². The molecule has 27 heavy (non-hydrogen) atoms. The topological polar surface area (TPSA) is 78.9 Å². The lowest BCUT2D eigenvalue weighted by Crippen LogP contribution is -2.48. The Labute approximate surface area is 154 Å². The highest BCUT2D eigenvalue weighted by atomic mass is 19.4. The van der Waals surface area contributed by atoms with E-state index in [4.69, 9.17) is 14.2 Å². The van der Waals surface area contributed by atoms with Crippen molar-refractivity contribution in [2.75, 3.05) is 6.61 Å². The van der Waals surface area contributed by atoms with Crippen LogP contribution >= 0.6 is 0 Å². The summed E-state index contributed by atoms with van der Waals surface area (Å²) in [5.41, 5.74) is -3.11. The van der Waals surface area contributed by atoms with Crippen molar-refractivity contribution in [1.82, 2.24) is 0 Å². The Balaban J connectivity index is 1.55. The molecule has 1 aliphatic heterocycles. The average Bonchev–Trinajstić information content (AvgIpc) is 3.16. The Bertz CT molecular complexity index is 658. The van der Waals surface area contributed by atoms with Crippen molar-refractivity contribution in [3.05, 3.63) is 0 Å². The first kappa shape index (κ1) is 19.9. The SMILES string of the molecule is CCC(C)(C)C(=O)OCCC(=O)OC1C2CC3C1OC(=O)C3(C(F)(F)F)C2. The molecular weight excluding hydrogens is 369 g/mol. The van der Waals surface area contributed by atoms with Gasteiger partial charge in [0.15, 0.2) is 5.41 Å². The molecule has 2 saturated carbocycles. The average molecular weight is 392 g/mol. The molecule has 2 bridgehead atoms. The molecule has 1 saturated heterocycles. The lowest BCUT2D eigenvalue weighted by atomic mass is 9.73. The van der Waals surface area contributed by atoms with Crippen LogP contribution in [0.25, 0.3) is 0 Å². The summed E-state index contributed by atoms with van der Waals surface area (Å²) in [7, 11) is 0. The number of rotatable bonds is 6. The van der Waals surface area contributed by atoms with Crippen LogP contribution in [0.15, 0.2) is 0 Å². The highest BCUT2D eigenvalue weighted by molar-refractivity contribution is 5.82. The molecule has 5 atom stereocenters. The molecule has 5 unspecified atom stereocenters. The highest BCUT2D eigenvalue weighted by Crippen LogP contribution is 2.67. The first-order valence-electron chi connectivity index (χ1n) is 9.08. The van der Waals surface area contributed by atoms with Gasteiger partial charge in [0.05, 0.1) is 11.8 Å². The molecule has 0 amide bonds. The Morgan fingerprint density at radius 3 is 2.56 bits per heavy atom. The van der Waals surface area contributed by atoms with Crippen LogP contribution in [0.5, 0.6) is 0 Å². The lowest BCUT2D eigenvalue weighted by molar-refractivity contribution is -0.231. The Morgan fingerprint density at radius 2 is 1.96 bits per heavy atom. The summed E-state index contributed by atoms with van der Waals surface area (Å²) in [5, 5.41) is 0. The van der Waals surface area contributed by atoms with Crippen LogP contribution in [-0.2, 0) is 28.6 Å². The molecule has 6 nitrogen and oxygen atoms in total. The standard InChI is InChI=1S/C18H23F3O6/c1-4-16(2,3)14(23)25-6-5-11(22)26-12-9-7-10-13(12)27-15(24)17(10,8-9)18(19,20)21/h9-10,12-13H,4-8H2,1-3H3. The molecule has 0 aromatic heterocycles. The molecule has 3 rings (SSSR count). The molecule has 152 valence electrons. The predicted molar refractivity (Wildman–Crippen MR) is 84.1 cm³/mol. The second-order valence-electron chi connectivity index (χ2n) is 8.22. The van der Waals surface area contributed by atoms with Crippen LogP contribution in [-0.4, -0.2) is 42.9 Å². The smallest absolute Gasteiger partial charge is 0.405 e. The van der Waals surface area contributed by atoms with Crippen molar-refractivity contribution in [3.63, 3.8) is 0 Å². The normalized spacial score (nSPS) is 34.5. The summed E-state index contributed by atoms with van der Waals surface area (Å²) in [6, 6.07) is 0. The van der Waals surface area contributed by atoms with E-state index in [0.29, 0.717) is 6.42 Å². The van der Waals surface area contributed by atoms with Gasteiger partial charge in [0.2, 0.25) is 0 Å². The minimum absolute atomic E-state index is 0.146. The van der Waals surface area contributed by atoms with Gasteiger partial charge in [-0.15, -0.1) is 0 Å². The quantitative estimate of drug-likeness (QED) is 0.511. The number of halogens is 3. The fourth-order valence-electron chi connectivity index (χ4n) is 4.33. The lowest BCUT2D eigenvalue weighted by Gasteiger charge is -2.33. The first-order chi connectivity index (χ1) is 12.4. The third kappa shape index (κ3) is 2.99. The maximum atomic E-state index is 13.5. The van der Waals surface area contributed by atoms with E-state index in [9.17, 15) is 27.6 Å². The van der Waals surface area contributed by atoms with Gasteiger partial charge < -0.3 is 14.2 Å². The number of hydrogen-bond acceptors (Lipinski definition) is 6. The zero-order valence-electron chi connectivity index (χ0n) is 15.4. The molecule has 0 aromatic carbocycles. The third-order valence-electron chi connectivity index (χ3n) is 6.32. The largest absolute Gasteiger partial charge is 0.465 e. The number of alkyl halides is 3. The number of hydrogen-bond donors (Lipinski definition) is 0. The van der Waals surface area contributed by atoms with E-state index in [1.165, 1.54) is 0 Å². The highest BCUT2D eigenvalue weighted by Gasteiger charge is 2.80. The summed E-state index contributed by atoms with van der Waals surface area (Å²) < 4.78 is 55.7. The van der Waals surface area contributed by atoms with Gasteiger partial charge >= 0.3 is 24.1 Å². The van der Waals surface area contributed by atoms with E-state index < -0.39 is 65.4 Å². The molecule has 1 heterocycles. The van der Waals surface area contributed by atoms with E-state index in [0.717, 1.165) is 0 Å². The molecule has 9 heteroatoms. The number of fused-ring (bicyclic) bond motifs is 1. The van der Waals surface area contributed by atoms with Crippen LogP contribution in [0.1, 0.15) is 46.5 Å². The summed E-state index contributed by atoms with van der Waals surface area (Å²) in [4.78, 5) is 35.8. The number of carbonyl (C=O) groups excluding carboxylic acids is 3. The fraction of sp³-hybridized carbons (Fsp3) is 0.833. The van der Waals surface area contributed by atoms with Gasteiger partial charge in [0.25, 0.3) is 0 Å². The predicted octanol–water partition coefficient (Wildman–Crippen LogP) is 2.78. The van der Waals surface area contributed by atoms with Crippen LogP contribution in [0.2, 0.25) is 0 Å². The van der Waals surface area contributed by atoms with Crippen molar-refractivity contribution in [2.24, 2.45) is 22.7 Å². The van der Waals surface area contributed by atoms with Crippen LogP contribution in [0.4, 0.5) is 13.2 Å². The minimum atomic E-state index is -4.67. The number of esters is 3. The zero-order chi connectivity index (χ0) is 20.2. The van der Waals surface area contributed by atoms with E-state index in [1.54, 1.807) is 13.8 Å². The van der Waals surface area contributed by atoms with Crippen molar-refractivity contribution >= 4 is 17.9 Å². The van der Waals surface area contributed by atoms with Crippen molar-refractivity contribution in [1.29, 1.82) is 0 Å². The Morgan fingerprint density at radius 1 is 1.30 bits per heavy atom. The fourth-order valence-corrected chi connectivity index (χ4v) is 4.33. The van der Waals surface area contributed by atoms with E-state index in [-0.39, 0.29) is 19.4 Å². The molecule has 3 fully saturated rings. The van der Waals surface area contributed by atoms with Gasteiger partial charge in [0.1, 0.15) is 18.8 Å². The molecular formula is C18H23F3O6. The maximum absolute atomic E-state index is 13.5. The van der Waals surface area contributed by atoms with Crippen LogP contribution in [0.3, 0.4) is 0 Å². The Hall–Kier alpha value is -1.80. The summed E-state index contributed by atoms with van der Waals surface area (Å²) in [6.07, 6.45) is -6.48. The Kier molecular flexibility index (Phi) is 4.71. The molecule has 0 spiro atoms. The van der Waals surface area contributed by atoms with Gasteiger partial charge in [-0.05, 0) is 33.1 Å². The number of carbonyl (C=O) groups is 3. The van der Waals surface area contributed by atoms with Crippen molar-refractivity contribution in [3.8, 4) is 0 Å². The zero-order valence-corrected chi connectivity index (χ0v) is 15.4. The molecule has 0 N–H and O–H groups in total. The van der Waals surface area contributed by atoms with Gasteiger partial charge in [0, 0.05) is 11.8 Å². The van der Waals surface area contributed by atoms with Crippen molar-refractivity contribution in [2.45, 2.75) is 64.8 Å². The molecule has 2 aliphatic carbocycles. The van der Waals surface area contributed by atoms with Gasteiger partial charge in [-0.1, -0.05) is 6.92 Å². The van der Waals surface area contributed by atoms with Crippen molar-refractivity contribution < 1.29 is 41.8 Å². The van der Waals surface area contributed by atoms with Gasteiger partial charge in [-0.3, -0.25) is 14.4 Å². The first-order valence-corrected chi connectivity index (χ1v) is 9.08. The molecule has 3 aliphatic rings. The summed E-state index contributed by atoms with van der Waals surface area (Å²) in [5.74, 6) is -3.94. The van der Waals surface area contributed by atoms with Gasteiger partial charge in [-0.2, -0.15) is 13.2 Å². The second kappa shape index (κ2) is 6.38. The molecule has 0 aromatic rings. The van der Waals surface area contributed by atoms with Gasteiger partial charge in [-0.25, -0.2) is 0 Å². The van der Waals surface area contributed by atoms with E-state index >= 15 is 0 Å². The summed E-state index contributed by atoms with van der Waals surface area (Å²) in [6.45, 7) is 5.13. The third-order valence-corrected chi connectivity index (χ3v) is 6.32. The minimum Gasteiger partial charge on any atom is -0.465 e. The molecule has 0 radical (unpaired) electrons. The maximum Gasteiger partial charge on any atom is 0.405 e. The van der Waals surface area contributed by atoms with Crippen LogP contribution in [0, 0.1) is 22.7 Å². The monoisotopic (exact) mass is 392 g/mol. The second-order valence-corrected chi connectivity index (χ2v) is 8.22. The summed E-state index contributed by atoms with van der Waals surface area (Å²) >= 11 is 0. The van der Waals surface area contributed by atoms with Crippen LogP contribution < -0.4 is 0 Å². The number of ether oxygens (including phenoxy) is 3. The van der Waals surface area contributed by atoms with E-state index in [2.05, 4.69) is 0 Å².